The third-order valence-corrected chi connectivity index (χ3v) is 6.80. The van der Waals surface area contributed by atoms with Crippen molar-refractivity contribution in [1.82, 2.24) is 41.9 Å². The van der Waals surface area contributed by atoms with Gasteiger partial charge in [-0.15, -0.1) is 0 Å². The van der Waals surface area contributed by atoms with E-state index in [1.165, 1.54) is 19.4 Å². The number of hydrogen-bond acceptors (Lipinski definition) is 11. The van der Waals surface area contributed by atoms with Crippen LogP contribution in [0.5, 0.6) is 0 Å². The zero-order valence-electron chi connectivity index (χ0n) is 24.2. The van der Waals surface area contributed by atoms with Crippen LogP contribution in [0.3, 0.4) is 0 Å². The van der Waals surface area contributed by atoms with E-state index in [9.17, 15) is 38.7 Å². The molecule has 0 aliphatic rings. The first kappa shape index (κ1) is 38.0. The van der Waals surface area contributed by atoms with Crippen LogP contribution in [0.4, 0.5) is 4.79 Å². The van der Waals surface area contributed by atoms with Crippen LogP contribution in [-0.4, -0.2) is 116 Å². The third kappa shape index (κ3) is 12.3. The number of aromatic nitrogens is 2. The Morgan fingerprint density at radius 1 is 0.795 bits per heavy atom. The van der Waals surface area contributed by atoms with Gasteiger partial charge in [0.1, 0.15) is 36.3 Å². The Morgan fingerprint density at radius 2 is 1.34 bits per heavy atom. The molecule has 1 aromatic heterocycles. The van der Waals surface area contributed by atoms with Gasteiger partial charge in [-0.2, -0.15) is 25.3 Å². The Balaban J connectivity index is 3.02. The molecule has 0 bridgehead atoms. The standard InChI is InChI=1S/C24H39N9O9S2/c1-10(2)17(23(40)31-15(7-43)18(25)35)33-19(36)11(3)28-20(37)13(4-12-5-26-9-27-12)29-21(38)14(6-34)30-22(39)16(8-44)32-24(41)42/h5,9-11,13-17,32,34,43-44H,4,6-8H2,1-3H3,(H2,25,35)(H,26,27)(H,28,37)(H,29,38)(H,30,39)(H,31,40)(H,33,36)(H,41,42)/t11-,13-,14-,15-,16-,17-/m0/s1. The lowest BCUT2D eigenvalue weighted by Crippen LogP contribution is -2.60. The Bertz CT molecular complexity index is 1170. The van der Waals surface area contributed by atoms with E-state index < -0.39 is 90.3 Å². The summed E-state index contributed by atoms with van der Waals surface area (Å²) in [5.41, 5.74) is 5.65. The number of imidazole rings is 1. The Hall–Kier alpha value is -4.04. The van der Waals surface area contributed by atoms with Gasteiger partial charge in [0.25, 0.3) is 0 Å². The molecule has 20 heteroatoms. The maximum atomic E-state index is 13.2. The molecule has 1 heterocycles. The fourth-order valence-electron chi connectivity index (χ4n) is 3.57. The molecule has 7 amide bonds. The van der Waals surface area contributed by atoms with Crippen LogP contribution in [0, 0.1) is 5.92 Å². The van der Waals surface area contributed by atoms with E-state index in [0.29, 0.717) is 5.69 Å². The highest BCUT2D eigenvalue weighted by Gasteiger charge is 2.32. The molecule has 0 aliphatic heterocycles. The summed E-state index contributed by atoms with van der Waals surface area (Å²) < 4.78 is 0. The quantitative estimate of drug-likeness (QED) is 0.0678. The predicted octanol–water partition coefficient (Wildman–Crippen LogP) is -3.97. The minimum Gasteiger partial charge on any atom is -0.465 e. The summed E-state index contributed by atoms with van der Waals surface area (Å²) in [6, 6.07) is -7.66. The summed E-state index contributed by atoms with van der Waals surface area (Å²) in [6.45, 7) is 3.73. The van der Waals surface area contributed by atoms with Crippen molar-refractivity contribution in [3.8, 4) is 0 Å². The van der Waals surface area contributed by atoms with Gasteiger partial charge in [-0.05, 0) is 12.8 Å². The number of aliphatic hydroxyl groups excluding tert-OH is 1. The van der Waals surface area contributed by atoms with E-state index in [4.69, 9.17) is 10.8 Å². The van der Waals surface area contributed by atoms with E-state index >= 15 is 0 Å². The number of nitrogens with zero attached hydrogens (tertiary/aromatic N) is 1. The van der Waals surface area contributed by atoms with Crippen LogP contribution < -0.4 is 37.6 Å². The highest BCUT2D eigenvalue weighted by molar-refractivity contribution is 7.80. The topological polar surface area (TPSA) is 287 Å². The molecule has 1 rings (SSSR count). The van der Waals surface area contributed by atoms with Crippen LogP contribution in [0.2, 0.25) is 0 Å². The van der Waals surface area contributed by atoms with Gasteiger partial charge in [0, 0.05) is 29.8 Å². The lowest BCUT2D eigenvalue weighted by Gasteiger charge is -2.27. The van der Waals surface area contributed by atoms with E-state index in [-0.39, 0.29) is 17.9 Å². The second kappa shape index (κ2) is 18.6. The number of amides is 7. The van der Waals surface area contributed by atoms with Crippen molar-refractivity contribution in [2.45, 2.75) is 63.4 Å². The van der Waals surface area contributed by atoms with Crippen molar-refractivity contribution < 1.29 is 43.8 Å². The Morgan fingerprint density at radius 3 is 1.82 bits per heavy atom. The van der Waals surface area contributed by atoms with Gasteiger partial charge in [-0.25, -0.2) is 9.78 Å². The molecule has 246 valence electrons. The summed E-state index contributed by atoms with van der Waals surface area (Å²) in [5, 5.41) is 32.5. The molecule has 0 fully saturated rings. The number of nitrogens with two attached hydrogens (primary N) is 1. The fourth-order valence-corrected chi connectivity index (χ4v) is 4.10. The molecule has 0 radical (unpaired) electrons. The number of carbonyl (C=O) groups is 7. The fraction of sp³-hybridized carbons (Fsp3) is 0.583. The molecule has 0 unspecified atom stereocenters. The number of nitrogens with one attached hydrogen (secondary N) is 7. The smallest absolute Gasteiger partial charge is 0.405 e. The molecule has 0 aliphatic carbocycles. The van der Waals surface area contributed by atoms with Gasteiger partial charge in [0.2, 0.25) is 35.4 Å². The average Bonchev–Trinajstić information content (AvgIpc) is 3.47. The highest BCUT2D eigenvalue weighted by atomic mass is 32.1. The van der Waals surface area contributed by atoms with Gasteiger partial charge in [0.05, 0.1) is 12.9 Å². The molecular formula is C24H39N9O9S2. The number of hydrogen-bond donors (Lipinski definition) is 12. The van der Waals surface area contributed by atoms with Crippen molar-refractivity contribution in [1.29, 1.82) is 0 Å². The number of primary amides is 1. The second-order valence-corrected chi connectivity index (χ2v) is 10.6. The minimum atomic E-state index is -1.58. The molecule has 18 nitrogen and oxygen atoms in total. The lowest BCUT2D eigenvalue weighted by molar-refractivity contribution is -0.135. The molecular weight excluding hydrogens is 622 g/mol. The number of H-pyrrole nitrogens is 1. The SMILES string of the molecule is CC(C)[C@H](NC(=O)[C@H](C)NC(=O)[C@H](Cc1cnc[nH]1)NC(=O)[C@H](CO)NC(=O)[C@H](CS)NC(=O)O)C(=O)N[C@@H](CS)C(N)=O. The third-order valence-electron chi connectivity index (χ3n) is 6.07. The van der Waals surface area contributed by atoms with Crippen LogP contribution in [-0.2, 0) is 35.2 Å². The van der Waals surface area contributed by atoms with E-state index in [0.717, 1.165) is 0 Å². The Kier molecular flexibility index (Phi) is 16.0. The lowest BCUT2D eigenvalue weighted by atomic mass is 10.0. The first-order valence-corrected chi connectivity index (χ1v) is 14.5. The number of aliphatic hydroxyl groups is 1. The maximum absolute atomic E-state index is 13.2. The van der Waals surface area contributed by atoms with Gasteiger partial charge in [0.15, 0.2) is 0 Å². The normalized spacial score (nSPS) is 15.0. The summed E-state index contributed by atoms with van der Waals surface area (Å²) in [6.07, 6.45) is 1.07. The molecule has 44 heavy (non-hydrogen) atoms. The molecule has 0 aromatic carbocycles. The minimum absolute atomic E-state index is 0.0639. The maximum Gasteiger partial charge on any atom is 0.405 e. The number of thiol groups is 2. The molecule has 11 N–H and O–H groups in total. The molecule has 0 saturated heterocycles. The van der Waals surface area contributed by atoms with Crippen LogP contribution in [0.1, 0.15) is 26.5 Å². The second-order valence-electron chi connectivity index (χ2n) is 9.88. The van der Waals surface area contributed by atoms with Gasteiger partial charge in [-0.1, -0.05) is 13.8 Å². The number of rotatable bonds is 18. The van der Waals surface area contributed by atoms with Crippen LogP contribution >= 0.6 is 25.3 Å². The first-order chi connectivity index (χ1) is 20.6. The molecule has 0 saturated carbocycles. The molecule has 1 aromatic rings. The zero-order chi connectivity index (χ0) is 33.6. The largest absolute Gasteiger partial charge is 0.465 e. The molecule has 0 spiro atoms. The monoisotopic (exact) mass is 661 g/mol. The first-order valence-electron chi connectivity index (χ1n) is 13.2. The van der Waals surface area contributed by atoms with Gasteiger partial charge in [-0.3, -0.25) is 28.8 Å². The van der Waals surface area contributed by atoms with E-state index in [2.05, 4.69) is 61.8 Å². The van der Waals surface area contributed by atoms with E-state index in [1.54, 1.807) is 13.8 Å². The van der Waals surface area contributed by atoms with E-state index in [1.807, 2.05) is 5.32 Å². The highest BCUT2D eigenvalue weighted by Crippen LogP contribution is 2.05. The van der Waals surface area contributed by atoms with Gasteiger partial charge >= 0.3 is 6.09 Å². The summed E-state index contributed by atoms with van der Waals surface area (Å²) in [4.78, 5) is 93.3. The summed E-state index contributed by atoms with van der Waals surface area (Å²) in [5.74, 6) is -5.78. The van der Waals surface area contributed by atoms with Crippen LogP contribution in [0.15, 0.2) is 12.5 Å². The summed E-state index contributed by atoms with van der Waals surface area (Å²) in [7, 11) is 0. The summed E-state index contributed by atoms with van der Waals surface area (Å²) >= 11 is 7.87. The van der Waals surface area contributed by atoms with Crippen molar-refractivity contribution >= 4 is 66.8 Å². The predicted molar refractivity (Wildman–Crippen MR) is 161 cm³/mol. The number of carbonyl (C=O) groups excluding carboxylic acids is 6. The number of carboxylic acid groups (broad SMARTS) is 1. The zero-order valence-corrected chi connectivity index (χ0v) is 26.0. The average molecular weight is 662 g/mol. The van der Waals surface area contributed by atoms with Crippen molar-refractivity contribution in [2.75, 3.05) is 18.1 Å². The van der Waals surface area contributed by atoms with Crippen molar-refractivity contribution in [3.05, 3.63) is 18.2 Å². The molecule has 6 atom stereocenters. The van der Waals surface area contributed by atoms with Crippen LogP contribution in [0.25, 0.3) is 0 Å². The van der Waals surface area contributed by atoms with Crippen molar-refractivity contribution in [3.63, 3.8) is 0 Å². The Labute approximate surface area is 263 Å². The number of aromatic amines is 1. The van der Waals surface area contributed by atoms with Crippen molar-refractivity contribution in [2.24, 2.45) is 11.7 Å². The van der Waals surface area contributed by atoms with Gasteiger partial charge < -0.3 is 52.8 Å².